The number of hydrogen-bond acceptors (Lipinski definition) is 6. The number of benzene rings is 2. The Morgan fingerprint density at radius 2 is 1.90 bits per heavy atom. The van der Waals surface area contributed by atoms with Crippen LogP contribution in [0.25, 0.3) is 22.3 Å². The van der Waals surface area contributed by atoms with Gasteiger partial charge in [0.05, 0.1) is 22.2 Å². The fourth-order valence-electron chi connectivity index (χ4n) is 2.84. The van der Waals surface area contributed by atoms with Crippen LogP contribution in [0, 0.1) is 0 Å². The number of anilines is 1. The van der Waals surface area contributed by atoms with E-state index < -0.39 is 6.10 Å². The lowest BCUT2D eigenvalue weighted by molar-refractivity contribution is 0.208. The smallest absolute Gasteiger partial charge is 0.326 e. The predicted octanol–water partition coefficient (Wildman–Crippen LogP) is 5.57. The molecule has 0 saturated carbocycles. The lowest BCUT2D eigenvalue weighted by Gasteiger charge is -2.12. The van der Waals surface area contributed by atoms with Crippen molar-refractivity contribution in [3.8, 4) is 23.0 Å². The van der Waals surface area contributed by atoms with Crippen LogP contribution in [0.5, 0.6) is 11.8 Å². The number of nitrogens with one attached hydrogen (secondary N) is 2. The monoisotopic (exact) mass is 463 g/mol. The van der Waals surface area contributed by atoms with Crippen LogP contribution in [0.3, 0.4) is 0 Å². The molecule has 154 valence electrons. The van der Waals surface area contributed by atoms with Gasteiger partial charge in [0, 0.05) is 22.2 Å². The maximum atomic E-state index is 9.72. The standard InChI is InChI=1S/C20H16Cl3N5O2/c1-10(29)9-24-18-16-17(12-4-2-3-5-13(12)22)27-28-19(16)26-20(25-18)30-15-7-6-11(21)8-14(15)23/h2-8,10,29H,9H2,1H3,(H2,24,25,26,27,28). The number of halogens is 3. The van der Waals surface area contributed by atoms with E-state index in [2.05, 4.69) is 25.5 Å². The molecule has 2 aromatic carbocycles. The molecule has 0 fully saturated rings. The van der Waals surface area contributed by atoms with Crippen LogP contribution < -0.4 is 10.1 Å². The molecule has 0 aliphatic rings. The van der Waals surface area contributed by atoms with E-state index in [9.17, 15) is 5.11 Å². The van der Waals surface area contributed by atoms with Crippen LogP contribution in [0.15, 0.2) is 42.5 Å². The Labute approximate surface area is 187 Å². The molecule has 10 heteroatoms. The molecule has 30 heavy (non-hydrogen) atoms. The number of hydrogen-bond donors (Lipinski definition) is 3. The van der Waals surface area contributed by atoms with E-state index in [1.165, 1.54) is 0 Å². The lowest BCUT2D eigenvalue weighted by Crippen LogP contribution is -2.16. The number of aromatic nitrogens is 4. The van der Waals surface area contributed by atoms with Gasteiger partial charge >= 0.3 is 6.01 Å². The van der Waals surface area contributed by atoms with Crippen LogP contribution >= 0.6 is 34.8 Å². The van der Waals surface area contributed by atoms with Crippen LogP contribution in [-0.2, 0) is 0 Å². The molecule has 2 heterocycles. The van der Waals surface area contributed by atoms with E-state index >= 15 is 0 Å². The highest BCUT2D eigenvalue weighted by molar-refractivity contribution is 6.35. The van der Waals surface area contributed by atoms with Gasteiger partial charge in [0.15, 0.2) is 5.65 Å². The van der Waals surface area contributed by atoms with Crippen LogP contribution in [0.2, 0.25) is 15.1 Å². The minimum Gasteiger partial charge on any atom is -0.423 e. The normalized spacial score (nSPS) is 12.2. The molecule has 0 amide bonds. The third kappa shape index (κ3) is 4.29. The zero-order valence-corrected chi connectivity index (χ0v) is 17.9. The van der Waals surface area contributed by atoms with Crippen molar-refractivity contribution >= 4 is 51.7 Å². The second-order valence-electron chi connectivity index (χ2n) is 6.54. The quantitative estimate of drug-likeness (QED) is 0.345. The molecular formula is C20H16Cl3N5O2. The van der Waals surface area contributed by atoms with Gasteiger partial charge in [-0.3, -0.25) is 5.10 Å². The molecule has 0 bridgehead atoms. The first-order valence-corrected chi connectivity index (χ1v) is 10.1. The zero-order valence-electron chi connectivity index (χ0n) is 15.7. The molecule has 7 nitrogen and oxygen atoms in total. The van der Waals surface area contributed by atoms with Crippen molar-refractivity contribution in [3.63, 3.8) is 0 Å². The third-order valence-electron chi connectivity index (χ3n) is 4.20. The molecule has 4 rings (SSSR count). The average molecular weight is 465 g/mol. The van der Waals surface area contributed by atoms with Crippen molar-refractivity contribution in [1.82, 2.24) is 20.2 Å². The Bertz CT molecular complexity index is 1210. The van der Waals surface area contributed by atoms with Gasteiger partial charge in [-0.1, -0.05) is 53.0 Å². The Morgan fingerprint density at radius 1 is 1.10 bits per heavy atom. The number of aliphatic hydroxyl groups excluding tert-OH is 1. The van der Waals surface area contributed by atoms with Crippen LogP contribution in [0.4, 0.5) is 5.82 Å². The van der Waals surface area contributed by atoms with Gasteiger partial charge in [0.2, 0.25) is 0 Å². The number of fused-ring (bicyclic) bond motifs is 1. The molecule has 4 aromatic rings. The van der Waals surface area contributed by atoms with E-state index in [-0.39, 0.29) is 12.6 Å². The Kier molecular flexibility index (Phi) is 5.97. The molecule has 0 radical (unpaired) electrons. The summed E-state index contributed by atoms with van der Waals surface area (Å²) in [5, 5.41) is 22.1. The topological polar surface area (TPSA) is 95.9 Å². The summed E-state index contributed by atoms with van der Waals surface area (Å²) >= 11 is 18.5. The fourth-order valence-corrected chi connectivity index (χ4v) is 3.52. The van der Waals surface area contributed by atoms with Crippen molar-refractivity contribution in [2.45, 2.75) is 13.0 Å². The summed E-state index contributed by atoms with van der Waals surface area (Å²) < 4.78 is 5.76. The maximum absolute atomic E-state index is 9.72. The summed E-state index contributed by atoms with van der Waals surface area (Å²) in [5.74, 6) is 0.786. The molecule has 1 unspecified atom stereocenters. The van der Waals surface area contributed by atoms with E-state index in [1.807, 2.05) is 18.2 Å². The van der Waals surface area contributed by atoms with Crippen molar-refractivity contribution in [1.29, 1.82) is 0 Å². The first kappa shape index (κ1) is 20.7. The van der Waals surface area contributed by atoms with Crippen molar-refractivity contribution < 1.29 is 9.84 Å². The van der Waals surface area contributed by atoms with Crippen molar-refractivity contribution in [3.05, 3.63) is 57.5 Å². The highest BCUT2D eigenvalue weighted by atomic mass is 35.5. The first-order valence-electron chi connectivity index (χ1n) is 8.98. The summed E-state index contributed by atoms with van der Waals surface area (Å²) in [6.45, 7) is 1.93. The van der Waals surface area contributed by atoms with E-state index in [1.54, 1.807) is 31.2 Å². The van der Waals surface area contributed by atoms with E-state index in [4.69, 9.17) is 39.5 Å². The Hall–Kier alpha value is -2.58. The summed E-state index contributed by atoms with van der Waals surface area (Å²) in [5.41, 5.74) is 1.77. The summed E-state index contributed by atoms with van der Waals surface area (Å²) in [4.78, 5) is 8.85. The largest absolute Gasteiger partial charge is 0.423 e. The van der Waals surface area contributed by atoms with Gasteiger partial charge in [-0.25, -0.2) is 0 Å². The van der Waals surface area contributed by atoms with Crippen molar-refractivity contribution in [2.24, 2.45) is 0 Å². The molecule has 0 aliphatic carbocycles. The lowest BCUT2D eigenvalue weighted by atomic mass is 10.1. The predicted molar refractivity (Wildman–Crippen MR) is 119 cm³/mol. The summed E-state index contributed by atoms with van der Waals surface area (Å²) in [6, 6.07) is 12.2. The number of aromatic amines is 1. The summed E-state index contributed by atoms with van der Waals surface area (Å²) in [7, 11) is 0. The summed E-state index contributed by atoms with van der Waals surface area (Å²) in [6.07, 6.45) is -0.597. The second kappa shape index (κ2) is 8.65. The van der Waals surface area contributed by atoms with Gasteiger partial charge in [-0.2, -0.15) is 15.1 Å². The third-order valence-corrected chi connectivity index (χ3v) is 5.06. The fraction of sp³-hybridized carbons (Fsp3) is 0.150. The molecule has 3 N–H and O–H groups in total. The van der Waals surface area contributed by atoms with Crippen LogP contribution in [0.1, 0.15) is 6.92 Å². The Balaban J connectivity index is 1.82. The molecule has 2 aromatic heterocycles. The van der Waals surface area contributed by atoms with Gasteiger partial charge < -0.3 is 15.2 Å². The Morgan fingerprint density at radius 3 is 2.63 bits per heavy atom. The van der Waals surface area contributed by atoms with E-state index in [0.717, 1.165) is 5.56 Å². The minimum atomic E-state index is -0.597. The SMILES string of the molecule is CC(O)CNc1nc(Oc2ccc(Cl)cc2Cl)nc2n[nH]c(-c3ccccc3Cl)c12. The molecular weight excluding hydrogens is 449 g/mol. The van der Waals surface area contributed by atoms with E-state index in [0.29, 0.717) is 43.4 Å². The molecule has 1 atom stereocenters. The second-order valence-corrected chi connectivity index (χ2v) is 7.79. The maximum Gasteiger partial charge on any atom is 0.326 e. The first-order chi connectivity index (χ1) is 14.4. The number of rotatable bonds is 6. The number of H-pyrrole nitrogens is 1. The van der Waals surface area contributed by atoms with Gasteiger partial charge in [-0.05, 0) is 31.2 Å². The number of aliphatic hydroxyl groups is 1. The molecule has 0 spiro atoms. The van der Waals surface area contributed by atoms with Crippen molar-refractivity contribution in [2.75, 3.05) is 11.9 Å². The van der Waals surface area contributed by atoms with Crippen LogP contribution in [-0.4, -0.2) is 37.9 Å². The van der Waals surface area contributed by atoms with Gasteiger partial charge in [0.25, 0.3) is 0 Å². The highest BCUT2D eigenvalue weighted by Gasteiger charge is 2.19. The number of nitrogens with zero attached hydrogens (tertiary/aromatic N) is 3. The molecule has 0 saturated heterocycles. The minimum absolute atomic E-state index is 0.0389. The highest BCUT2D eigenvalue weighted by Crippen LogP contribution is 2.36. The van der Waals surface area contributed by atoms with Gasteiger partial charge in [0.1, 0.15) is 11.6 Å². The zero-order chi connectivity index (χ0) is 21.3. The number of ether oxygens (including phenoxy) is 1. The molecule has 0 aliphatic heterocycles. The van der Waals surface area contributed by atoms with Gasteiger partial charge in [-0.15, -0.1) is 0 Å². The average Bonchev–Trinajstić information content (AvgIpc) is 3.12.